The average Bonchev–Trinajstić information content (AvgIpc) is 2.99. The molecular formula is C13H12Cl2N2OS. The third-order valence-electron chi connectivity index (χ3n) is 2.52. The van der Waals surface area contributed by atoms with Crippen molar-refractivity contribution in [3.8, 4) is 0 Å². The lowest BCUT2D eigenvalue weighted by molar-refractivity contribution is 0.0759. The Morgan fingerprint density at radius 1 is 1.53 bits per heavy atom. The summed E-state index contributed by atoms with van der Waals surface area (Å²) in [7, 11) is 0. The van der Waals surface area contributed by atoms with Gasteiger partial charge in [0.2, 0.25) is 0 Å². The van der Waals surface area contributed by atoms with E-state index in [4.69, 9.17) is 23.2 Å². The fraction of sp³-hybridized carbons (Fsp3) is 0.154. The van der Waals surface area contributed by atoms with Crippen LogP contribution in [-0.4, -0.2) is 22.3 Å². The van der Waals surface area contributed by atoms with Crippen molar-refractivity contribution in [2.75, 3.05) is 6.54 Å². The molecule has 0 atom stereocenters. The molecule has 1 amide bonds. The molecule has 0 saturated heterocycles. The maximum atomic E-state index is 12.4. The summed E-state index contributed by atoms with van der Waals surface area (Å²) in [5, 5.41) is 2.60. The monoisotopic (exact) mass is 314 g/mol. The van der Waals surface area contributed by atoms with E-state index in [0.29, 0.717) is 23.8 Å². The average molecular weight is 315 g/mol. The van der Waals surface area contributed by atoms with Gasteiger partial charge < -0.3 is 9.88 Å². The van der Waals surface area contributed by atoms with Crippen LogP contribution in [0.3, 0.4) is 0 Å². The number of aromatic nitrogens is 1. The lowest BCUT2D eigenvalue weighted by atomic mass is 10.3. The van der Waals surface area contributed by atoms with E-state index in [0.717, 1.165) is 4.88 Å². The SMILES string of the molecule is C=CCN(Cc1cccs1)C(=O)c1cc(Cl)c(Cl)[nH]1. The Kier molecular flexibility index (Phi) is 4.69. The minimum Gasteiger partial charge on any atom is -0.340 e. The van der Waals surface area contributed by atoms with Crippen LogP contribution in [0.1, 0.15) is 15.4 Å². The Balaban J connectivity index is 2.18. The van der Waals surface area contributed by atoms with Gasteiger partial charge in [0, 0.05) is 11.4 Å². The van der Waals surface area contributed by atoms with Gasteiger partial charge >= 0.3 is 0 Å². The molecule has 0 aliphatic carbocycles. The second-order valence-electron chi connectivity index (χ2n) is 3.90. The van der Waals surface area contributed by atoms with E-state index in [9.17, 15) is 4.79 Å². The van der Waals surface area contributed by atoms with Gasteiger partial charge in [-0.05, 0) is 17.5 Å². The van der Waals surface area contributed by atoms with E-state index >= 15 is 0 Å². The standard InChI is InChI=1S/C13H12Cl2N2OS/c1-2-5-17(8-9-4-3-6-19-9)13(18)11-7-10(14)12(15)16-11/h2-4,6-7,16H,1,5,8H2. The molecule has 1 N–H and O–H groups in total. The highest BCUT2D eigenvalue weighted by molar-refractivity contribution is 7.09. The Hall–Kier alpha value is -1.23. The molecule has 0 unspecified atom stereocenters. The van der Waals surface area contributed by atoms with Crippen molar-refractivity contribution < 1.29 is 4.79 Å². The molecular weight excluding hydrogens is 303 g/mol. The summed E-state index contributed by atoms with van der Waals surface area (Å²) in [6.07, 6.45) is 1.69. The summed E-state index contributed by atoms with van der Waals surface area (Å²) in [6, 6.07) is 5.48. The smallest absolute Gasteiger partial charge is 0.270 e. The number of amides is 1. The lowest BCUT2D eigenvalue weighted by Crippen LogP contribution is -2.30. The molecule has 0 spiro atoms. The van der Waals surface area contributed by atoms with Crippen molar-refractivity contribution in [2.45, 2.75) is 6.54 Å². The minimum atomic E-state index is -0.151. The molecule has 19 heavy (non-hydrogen) atoms. The van der Waals surface area contributed by atoms with Crippen LogP contribution in [0.25, 0.3) is 0 Å². The van der Waals surface area contributed by atoms with Gasteiger partial charge in [0.1, 0.15) is 10.8 Å². The van der Waals surface area contributed by atoms with Crippen LogP contribution in [0, 0.1) is 0 Å². The van der Waals surface area contributed by atoms with Gasteiger partial charge in [-0.1, -0.05) is 35.3 Å². The van der Waals surface area contributed by atoms with Crippen LogP contribution in [-0.2, 0) is 6.54 Å². The van der Waals surface area contributed by atoms with Crippen LogP contribution in [0.5, 0.6) is 0 Å². The van der Waals surface area contributed by atoms with Crippen LogP contribution in [0.2, 0.25) is 10.2 Å². The van der Waals surface area contributed by atoms with Gasteiger partial charge in [0.05, 0.1) is 11.6 Å². The molecule has 0 aliphatic rings. The van der Waals surface area contributed by atoms with Crippen molar-refractivity contribution in [3.63, 3.8) is 0 Å². The van der Waals surface area contributed by atoms with E-state index < -0.39 is 0 Å². The third-order valence-corrected chi connectivity index (χ3v) is 4.07. The number of carbonyl (C=O) groups excluding carboxylic acids is 1. The molecule has 6 heteroatoms. The summed E-state index contributed by atoms with van der Waals surface area (Å²) in [5.74, 6) is -0.151. The molecule has 0 radical (unpaired) electrons. The quantitative estimate of drug-likeness (QED) is 0.824. The highest BCUT2D eigenvalue weighted by Gasteiger charge is 2.18. The first-order chi connectivity index (χ1) is 9.11. The molecule has 0 fully saturated rings. The Morgan fingerprint density at radius 3 is 2.84 bits per heavy atom. The number of aromatic amines is 1. The molecule has 2 rings (SSSR count). The second-order valence-corrected chi connectivity index (χ2v) is 5.72. The lowest BCUT2D eigenvalue weighted by Gasteiger charge is -2.19. The number of H-pyrrole nitrogens is 1. The Morgan fingerprint density at radius 2 is 2.32 bits per heavy atom. The van der Waals surface area contributed by atoms with Crippen LogP contribution in [0.15, 0.2) is 36.2 Å². The number of hydrogen-bond donors (Lipinski definition) is 1. The predicted octanol–water partition coefficient (Wildman–Crippen LogP) is 4.21. The fourth-order valence-corrected chi connectivity index (χ4v) is 2.69. The van der Waals surface area contributed by atoms with Gasteiger partial charge in [-0.15, -0.1) is 17.9 Å². The number of thiophene rings is 1. The van der Waals surface area contributed by atoms with Gasteiger partial charge in [0.15, 0.2) is 0 Å². The Bertz CT molecular complexity index is 558. The molecule has 0 aromatic carbocycles. The molecule has 0 saturated carbocycles. The maximum Gasteiger partial charge on any atom is 0.270 e. The number of carbonyl (C=O) groups is 1. The zero-order valence-corrected chi connectivity index (χ0v) is 12.4. The van der Waals surface area contributed by atoms with Gasteiger partial charge in [-0.25, -0.2) is 0 Å². The molecule has 100 valence electrons. The molecule has 3 nitrogen and oxygen atoms in total. The largest absolute Gasteiger partial charge is 0.340 e. The topological polar surface area (TPSA) is 36.1 Å². The molecule has 2 aromatic rings. The summed E-state index contributed by atoms with van der Waals surface area (Å²) in [6.45, 7) is 4.68. The van der Waals surface area contributed by atoms with Gasteiger partial charge in [-0.2, -0.15) is 0 Å². The predicted molar refractivity (Wildman–Crippen MR) is 80.1 cm³/mol. The molecule has 0 bridgehead atoms. The van der Waals surface area contributed by atoms with Crippen LogP contribution < -0.4 is 0 Å². The summed E-state index contributed by atoms with van der Waals surface area (Å²) < 4.78 is 0. The first kappa shape index (κ1) is 14.2. The molecule has 2 heterocycles. The van der Waals surface area contributed by atoms with Crippen molar-refractivity contribution >= 4 is 40.4 Å². The summed E-state index contributed by atoms with van der Waals surface area (Å²) in [5.41, 5.74) is 0.383. The number of rotatable bonds is 5. The maximum absolute atomic E-state index is 12.4. The normalized spacial score (nSPS) is 10.4. The van der Waals surface area contributed by atoms with Crippen molar-refractivity contribution in [1.29, 1.82) is 0 Å². The summed E-state index contributed by atoms with van der Waals surface area (Å²) >= 11 is 13.3. The van der Waals surface area contributed by atoms with Crippen molar-refractivity contribution in [2.24, 2.45) is 0 Å². The first-order valence-corrected chi connectivity index (χ1v) is 7.22. The van der Waals surface area contributed by atoms with Crippen LogP contribution in [0.4, 0.5) is 0 Å². The fourth-order valence-electron chi connectivity index (χ4n) is 1.66. The number of nitrogens with zero attached hydrogens (tertiary/aromatic N) is 1. The number of nitrogens with one attached hydrogen (secondary N) is 1. The molecule has 0 aliphatic heterocycles. The zero-order chi connectivity index (χ0) is 13.8. The van der Waals surface area contributed by atoms with Gasteiger partial charge in [-0.3, -0.25) is 4.79 Å². The second kappa shape index (κ2) is 6.28. The van der Waals surface area contributed by atoms with E-state index in [1.54, 1.807) is 22.3 Å². The minimum absolute atomic E-state index is 0.151. The number of halogens is 2. The van der Waals surface area contributed by atoms with E-state index in [2.05, 4.69) is 11.6 Å². The highest BCUT2D eigenvalue weighted by atomic mass is 35.5. The van der Waals surface area contributed by atoms with Gasteiger partial charge in [0.25, 0.3) is 5.91 Å². The third kappa shape index (κ3) is 3.41. The Labute approximate surface area is 125 Å². The first-order valence-electron chi connectivity index (χ1n) is 5.58. The molecule has 2 aromatic heterocycles. The van der Waals surface area contributed by atoms with E-state index in [1.165, 1.54) is 6.07 Å². The highest BCUT2D eigenvalue weighted by Crippen LogP contribution is 2.23. The van der Waals surface area contributed by atoms with Crippen molar-refractivity contribution in [3.05, 3.63) is 57.0 Å². The van der Waals surface area contributed by atoms with E-state index in [1.807, 2.05) is 17.5 Å². The summed E-state index contributed by atoms with van der Waals surface area (Å²) in [4.78, 5) is 17.9. The number of hydrogen-bond acceptors (Lipinski definition) is 2. The zero-order valence-electron chi connectivity index (χ0n) is 10.0. The van der Waals surface area contributed by atoms with E-state index in [-0.39, 0.29) is 11.1 Å². The van der Waals surface area contributed by atoms with Crippen molar-refractivity contribution in [1.82, 2.24) is 9.88 Å². The van der Waals surface area contributed by atoms with Crippen LogP contribution >= 0.6 is 34.5 Å².